The summed E-state index contributed by atoms with van der Waals surface area (Å²) in [5.41, 5.74) is 5.77. The van der Waals surface area contributed by atoms with Gasteiger partial charge in [-0.2, -0.15) is 13.1 Å². The topological polar surface area (TPSA) is 117 Å². The second-order valence-electron chi connectivity index (χ2n) is 10.9. The predicted molar refractivity (Wildman–Crippen MR) is 157 cm³/mol. The highest BCUT2D eigenvalue weighted by Crippen LogP contribution is 2.35. The van der Waals surface area contributed by atoms with Gasteiger partial charge in [0.05, 0.1) is 0 Å². The van der Waals surface area contributed by atoms with Crippen molar-refractivity contribution in [3.8, 4) is 0 Å². The fourth-order valence-corrected chi connectivity index (χ4v) is 6.66. The van der Waals surface area contributed by atoms with Crippen LogP contribution in [0.15, 0.2) is 54.6 Å². The quantitative estimate of drug-likeness (QED) is 0.387. The average Bonchev–Trinajstić information content (AvgIpc) is 3.54. The molecule has 0 spiro atoms. The highest BCUT2D eigenvalue weighted by molar-refractivity contribution is 7.83. The van der Waals surface area contributed by atoms with Crippen molar-refractivity contribution in [2.24, 2.45) is 7.05 Å². The van der Waals surface area contributed by atoms with Crippen molar-refractivity contribution >= 4 is 21.8 Å². The fraction of sp³-hybridized carbons (Fsp3) is 0.517. The van der Waals surface area contributed by atoms with Crippen molar-refractivity contribution in [1.82, 2.24) is 28.7 Å². The van der Waals surface area contributed by atoms with Crippen LogP contribution in [0, 0.1) is 0 Å². The number of hydrogen-bond acceptors (Lipinski definition) is 6. The third-order valence-electron chi connectivity index (χ3n) is 8.11. The van der Waals surface area contributed by atoms with Gasteiger partial charge in [-0.25, -0.2) is 9.97 Å². The number of benzene rings is 1. The van der Waals surface area contributed by atoms with Crippen molar-refractivity contribution < 1.29 is 13.0 Å². The number of hydrogen-bond donors (Lipinski definition) is 3. The second-order valence-corrected chi connectivity index (χ2v) is 12.1. The van der Waals surface area contributed by atoms with Crippen LogP contribution < -0.4 is 10.0 Å². The Morgan fingerprint density at radius 2 is 1.73 bits per heavy atom. The van der Waals surface area contributed by atoms with Crippen molar-refractivity contribution in [3.05, 3.63) is 71.6 Å². The first-order chi connectivity index (χ1) is 19.4. The zero-order valence-corrected chi connectivity index (χ0v) is 24.1. The van der Waals surface area contributed by atoms with E-state index in [0.717, 1.165) is 89.4 Å². The van der Waals surface area contributed by atoms with Gasteiger partial charge in [0.15, 0.2) is 0 Å². The van der Waals surface area contributed by atoms with Crippen LogP contribution in [0.25, 0.3) is 5.57 Å². The van der Waals surface area contributed by atoms with Gasteiger partial charge in [-0.15, -0.1) is 0 Å². The van der Waals surface area contributed by atoms with E-state index in [-0.39, 0.29) is 6.04 Å². The number of likely N-dealkylation sites (tertiary alicyclic amines) is 1. The molecule has 0 atom stereocenters. The maximum absolute atomic E-state index is 10.3. The van der Waals surface area contributed by atoms with Crippen LogP contribution in [-0.4, -0.2) is 69.2 Å². The Hall–Kier alpha value is -2.99. The number of nitrogens with zero attached hydrogens (tertiary/aromatic N) is 5. The molecular weight excluding hydrogens is 526 g/mol. The number of piperidine rings is 1. The van der Waals surface area contributed by atoms with E-state index in [1.165, 1.54) is 23.1 Å². The van der Waals surface area contributed by atoms with Gasteiger partial charge >= 0.3 is 10.3 Å². The van der Waals surface area contributed by atoms with Crippen molar-refractivity contribution in [2.75, 3.05) is 31.5 Å². The number of aromatic nitrogens is 4. The van der Waals surface area contributed by atoms with Crippen molar-refractivity contribution in [3.63, 3.8) is 0 Å². The van der Waals surface area contributed by atoms with Crippen LogP contribution in [0.4, 0.5) is 5.95 Å². The summed E-state index contributed by atoms with van der Waals surface area (Å²) in [5, 5.41) is 3.43. The SMILES string of the molecule is Cn1ccnc1NCCN1CCC(=C2c3ccccc3CCn3ccnc32)CC1.O=S(=O)(O)NC1CCCCC1. The fourth-order valence-electron chi connectivity index (χ4n) is 6.00. The summed E-state index contributed by atoms with van der Waals surface area (Å²) in [7, 11) is -1.96. The van der Waals surface area contributed by atoms with Crippen LogP contribution in [0.1, 0.15) is 61.9 Å². The van der Waals surface area contributed by atoms with Gasteiger partial charge in [-0.1, -0.05) is 49.1 Å². The molecule has 1 saturated carbocycles. The van der Waals surface area contributed by atoms with Gasteiger partial charge in [-0.3, -0.25) is 4.55 Å². The van der Waals surface area contributed by atoms with E-state index in [9.17, 15) is 8.42 Å². The number of nitrogens with one attached hydrogen (secondary N) is 2. The minimum Gasteiger partial charge on any atom is -0.354 e. The second kappa shape index (κ2) is 13.1. The largest absolute Gasteiger partial charge is 0.354 e. The molecule has 1 saturated heterocycles. The molecule has 6 rings (SSSR count). The molecule has 0 bridgehead atoms. The van der Waals surface area contributed by atoms with E-state index < -0.39 is 10.3 Å². The van der Waals surface area contributed by atoms with E-state index in [1.807, 2.05) is 30.2 Å². The molecule has 1 aromatic carbocycles. The summed E-state index contributed by atoms with van der Waals surface area (Å²) in [4.78, 5) is 11.6. The maximum Gasteiger partial charge on any atom is 0.333 e. The monoisotopic (exact) mass is 567 g/mol. The summed E-state index contributed by atoms with van der Waals surface area (Å²) in [5.74, 6) is 2.08. The molecule has 10 nitrogen and oxygen atoms in total. The summed E-state index contributed by atoms with van der Waals surface area (Å²) in [6, 6.07) is 8.84. The molecule has 3 aromatic rings. The van der Waals surface area contributed by atoms with E-state index in [2.05, 4.69) is 55.0 Å². The highest BCUT2D eigenvalue weighted by atomic mass is 32.2. The van der Waals surface area contributed by atoms with Crippen LogP contribution >= 0.6 is 0 Å². The minimum atomic E-state index is -3.97. The molecule has 0 unspecified atom stereocenters. The van der Waals surface area contributed by atoms with Crippen molar-refractivity contribution in [1.29, 1.82) is 0 Å². The molecule has 2 fully saturated rings. The zero-order chi connectivity index (χ0) is 28.0. The Kier molecular flexibility index (Phi) is 9.36. The minimum absolute atomic E-state index is 0.0428. The summed E-state index contributed by atoms with van der Waals surface area (Å²) in [6.07, 6.45) is 16.1. The lowest BCUT2D eigenvalue weighted by Gasteiger charge is -2.30. The number of aryl methyl sites for hydroxylation is 3. The van der Waals surface area contributed by atoms with E-state index in [1.54, 1.807) is 5.57 Å². The maximum atomic E-state index is 10.3. The standard InChI is InChI=1S/C23H28N6.C6H13NO3S/c1-27-15-9-25-23(27)26-10-16-28-12-6-19(7-13-28)21-20-5-3-2-4-18(20)8-14-29-17-11-24-22(21)29;8-11(9,10)7-6-4-2-1-3-5-6/h2-5,9,11,15,17H,6-8,10,12-14,16H2,1H3,(H,25,26);6-7H,1-5H2,(H,8,9,10). The normalized spacial score (nSPS) is 18.4. The summed E-state index contributed by atoms with van der Waals surface area (Å²) < 4.78 is 35.6. The molecule has 0 radical (unpaired) electrons. The number of fused-ring (bicyclic) bond motifs is 2. The van der Waals surface area contributed by atoms with E-state index in [0.29, 0.717) is 0 Å². The van der Waals surface area contributed by atoms with Crippen molar-refractivity contribution in [2.45, 2.75) is 64.0 Å². The number of imidazole rings is 2. The zero-order valence-electron chi connectivity index (χ0n) is 23.3. The first-order valence-electron chi connectivity index (χ1n) is 14.4. The molecule has 1 aliphatic carbocycles. The van der Waals surface area contributed by atoms with Gasteiger partial charge in [-0.05, 0) is 43.2 Å². The lowest BCUT2D eigenvalue weighted by Crippen LogP contribution is -2.35. The van der Waals surface area contributed by atoms with Crippen LogP contribution in [0.5, 0.6) is 0 Å². The number of rotatable bonds is 6. The molecule has 11 heteroatoms. The third kappa shape index (κ3) is 7.39. The Labute approximate surface area is 237 Å². The summed E-state index contributed by atoms with van der Waals surface area (Å²) >= 11 is 0. The molecule has 3 N–H and O–H groups in total. The highest BCUT2D eigenvalue weighted by Gasteiger charge is 2.25. The Morgan fingerprint density at radius 3 is 2.45 bits per heavy atom. The molecular formula is C29H41N7O3S. The Bertz CT molecular complexity index is 1400. The van der Waals surface area contributed by atoms with Gasteiger partial charge in [0.1, 0.15) is 5.82 Å². The molecule has 3 aliphatic rings. The molecule has 2 aliphatic heterocycles. The average molecular weight is 568 g/mol. The predicted octanol–water partition coefficient (Wildman–Crippen LogP) is 3.89. The van der Waals surface area contributed by atoms with Crippen LogP contribution in [-0.2, 0) is 30.3 Å². The van der Waals surface area contributed by atoms with E-state index in [4.69, 9.17) is 9.54 Å². The third-order valence-corrected chi connectivity index (χ3v) is 8.75. The van der Waals surface area contributed by atoms with Gasteiger partial charge in [0, 0.05) is 76.2 Å². The lowest BCUT2D eigenvalue weighted by atomic mass is 9.90. The van der Waals surface area contributed by atoms with E-state index >= 15 is 0 Å². The Balaban J connectivity index is 0.000000248. The number of anilines is 1. The van der Waals surface area contributed by atoms with Gasteiger partial charge < -0.3 is 19.4 Å². The molecule has 0 amide bonds. The smallest absolute Gasteiger partial charge is 0.333 e. The van der Waals surface area contributed by atoms with Crippen LogP contribution in [0.3, 0.4) is 0 Å². The van der Waals surface area contributed by atoms with Gasteiger partial charge in [0.25, 0.3) is 0 Å². The molecule has 2 aromatic heterocycles. The van der Waals surface area contributed by atoms with Crippen LogP contribution in [0.2, 0.25) is 0 Å². The molecule has 40 heavy (non-hydrogen) atoms. The summed E-state index contributed by atoms with van der Waals surface area (Å²) in [6.45, 7) is 5.17. The molecule has 4 heterocycles. The van der Waals surface area contributed by atoms with Gasteiger partial charge in [0.2, 0.25) is 5.95 Å². The first kappa shape index (κ1) is 28.5. The molecule has 216 valence electrons. The lowest BCUT2D eigenvalue weighted by molar-refractivity contribution is 0.266. The Morgan fingerprint density at radius 1 is 0.975 bits per heavy atom. The first-order valence-corrected chi connectivity index (χ1v) is 15.8.